The summed E-state index contributed by atoms with van der Waals surface area (Å²) in [4.78, 5) is 4.29. The molecule has 0 radical (unpaired) electrons. The maximum Gasteiger partial charge on any atom is 0.191 e. The lowest BCUT2D eigenvalue weighted by atomic mass is 9.78. The molecule has 142 valence electrons. The van der Waals surface area contributed by atoms with Gasteiger partial charge in [0.1, 0.15) is 0 Å². The highest BCUT2D eigenvalue weighted by molar-refractivity contribution is 14.0. The summed E-state index contributed by atoms with van der Waals surface area (Å²) in [6, 6.07) is 0. The van der Waals surface area contributed by atoms with Crippen LogP contribution in [0.5, 0.6) is 0 Å². The molecule has 0 amide bonds. The number of nitrogens with one attached hydrogen (secondary N) is 2. The van der Waals surface area contributed by atoms with Crippen LogP contribution in [0.2, 0.25) is 0 Å². The predicted octanol–water partition coefficient (Wildman–Crippen LogP) is 2.48. The molecule has 3 unspecified atom stereocenters. The van der Waals surface area contributed by atoms with Crippen molar-refractivity contribution >= 4 is 41.7 Å². The Balaban J connectivity index is 0.00000288. The minimum Gasteiger partial charge on any atom is -0.387 e. The Bertz CT molecular complexity index is 409. The Hall–Kier alpha value is 0.270. The van der Waals surface area contributed by atoms with Crippen molar-refractivity contribution in [3.05, 3.63) is 0 Å². The van der Waals surface area contributed by atoms with Gasteiger partial charge in [-0.15, -0.1) is 24.0 Å². The summed E-state index contributed by atoms with van der Waals surface area (Å²) < 4.78 is 6.04. The van der Waals surface area contributed by atoms with Crippen LogP contribution in [0, 0.1) is 11.3 Å². The number of ether oxygens (including phenoxy) is 1. The molecular weight excluding hydrogens is 437 g/mol. The number of hydrogen-bond donors (Lipinski definition) is 3. The first-order valence-corrected chi connectivity index (χ1v) is 9.86. The van der Waals surface area contributed by atoms with E-state index in [4.69, 9.17) is 4.74 Å². The van der Waals surface area contributed by atoms with Gasteiger partial charge >= 0.3 is 0 Å². The first-order valence-electron chi connectivity index (χ1n) is 8.70. The number of nitrogens with zero attached hydrogens (tertiary/aromatic N) is 1. The maximum atomic E-state index is 10.4. The first kappa shape index (κ1) is 22.3. The van der Waals surface area contributed by atoms with Crippen LogP contribution >= 0.6 is 35.7 Å². The average molecular weight is 471 g/mol. The highest BCUT2D eigenvalue weighted by atomic mass is 127. The Morgan fingerprint density at radius 2 is 2.12 bits per heavy atom. The summed E-state index contributed by atoms with van der Waals surface area (Å²) in [6.45, 7) is 9.03. The van der Waals surface area contributed by atoms with E-state index in [1.807, 2.05) is 11.8 Å². The van der Waals surface area contributed by atoms with Crippen molar-refractivity contribution < 1.29 is 9.84 Å². The molecule has 0 saturated carbocycles. The van der Waals surface area contributed by atoms with Crippen molar-refractivity contribution in [1.29, 1.82) is 0 Å². The number of thioether (sulfide) groups is 1. The van der Waals surface area contributed by atoms with E-state index in [1.54, 1.807) is 7.05 Å². The lowest BCUT2D eigenvalue weighted by Crippen LogP contribution is -2.50. The normalized spacial score (nSPS) is 31.5. The molecule has 2 aliphatic heterocycles. The van der Waals surface area contributed by atoms with Gasteiger partial charge in [0, 0.05) is 38.4 Å². The molecule has 2 rings (SSSR count). The minimum atomic E-state index is -0.593. The fraction of sp³-hybridized carbons (Fsp3) is 0.941. The van der Waals surface area contributed by atoms with Gasteiger partial charge < -0.3 is 20.5 Å². The van der Waals surface area contributed by atoms with Crippen LogP contribution < -0.4 is 10.6 Å². The zero-order valence-corrected chi connectivity index (χ0v) is 18.6. The second-order valence-corrected chi connectivity index (χ2v) is 9.00. The predicted molar refractivity (Wildman–Crippen MR) is 114 cm³/mol. The van der Waals surface area contributed by atoms with Crippen molar-refractivity contribution in [1.82, 2.24) is 10.6 Å². The van der Waals surface area contributed by atoms with Gasteiger partial charge in [0.05, 0.1) is 11.7 Å². The standard InChI is InChI=1S/C17H33N3O2S.HI/c1-16(2,3)14-13(6-5-8-22-14)10-19-15(18-4)20-11-17(21)7-9-23-12-17;/h13-14,21H,5-12H2,1-4H3,(H2,18,19,20);1H. The number of aliphatic hydroxyl groups is 1. The van der Waals surface area contributed by atoms with Crippen LogP contribution in [0.15, 0.2) is 4.99 Å². The third-order valence-electron chi connectivity index (χ3n) is 4.72. The molecule has 2 aliphatic rings. The highest BCUT2D eigenvalue weighted by Gasteiger charge is 2.35. The molecule has 2 heterocycles. The van der Waals surface area contributed by atoms with Crippen LogP contribution in [0.25, 0.3) is 0 Å². The fourth-order valence-electron chi connectivity index (χ4n) is 3.44. The Labute approximate surface area is 168 Å². The summed E-state index contributed by atoms with van der Waals surface area (Å²) in [5.74, 6) is 3.11. The maximum absolute atomic E-state index is 10.4. The molecule has 0 aromatic heterocycles. The zero-order valence-electron chi connectivity index (χ0n) is 15.4. The van der Waals surface area contributed by atoms with Gasteiger partial charge in [0.2, 0.25) is 0 Å². The molecule has 5 nitrogen and oxygen atoms in total. The lowest BCUT2D eigenvalue weighted by Gasteiger charge is -2.40. The molecule has 0 aromatic rings. The Morgan fingerprint density at radius 3 is 2.71 bits per heavy atom. The van der Waals surface area contributed by atoms with Crippen molar-refractivity contribution in [3.63, 3.8) is 0 Å². The van der Waals surface area contributed by atoms with Crippen LogP contribution in [0.1, 0.15) is 40.0 Å². The Morgan fingerprint density at radius 1 is 1.38 bits per heavy atom. The van der Waals surface area contributed by atoms with Gasteiger partial charge in [-0.2, -0.15) is 11.8 Å². The van der Waals surface area contributed by atoms with Crippen molar-refractivity contribution in [3.8, 4) is 0 Å². The molecule has 24 heavy (non-hydrogen) atoms. The first-order chi connectivity index (χ1) is 10.8. The van der Waals surface area contributed by atoms with Crippen LogP contribution in [0.3, 0.4) is 0 Å². The fourth-order valence-corrected chi connectivity index (χ4v) is 4.74. The molecule has 0 aliphatic carbocycles. The number of aliphatic imine (C=N–C) groups is 1. The average Bonchev–Trinajstić information content (AvgIpc) is 2.94. The van der Waals surface area contributed by atoms with E-state index in [1.165, 1.54) is 6.42 Å². The summed E-state index contributed by atoms with van der Waals surface area (Å²) in [7, 11) is 1.78. The Kier molecular flexibility index (Phi) is 9.14. The molecule has 2 fully saturated rings. The van der Waals surface area contributed by atoms with Gasteiger partial charge in [-0.05, 0) is 30.4 Å². The smallest absolute Gasteiger partial charge is 0.191 e. The summed E-state index contributed by atoms with van der Waals surface area (Å²) in [5, 5.41) is 17.1. The van der Waals surface area contributed by atoms with Crippen LogP contribution in [0.4, 0.5) is 0 Å². The van der Waals surface area contributed by atoms with Gasteiger partial charge in [-0.1, -0.05) is 20.8 Å². The van der Waals surface area contributed by atoms with E-state index < -0.39 is 5.60 Å². The lowest BCUT2D eigenvalue weighted by molar-refractivity contribution is -0.0835. The van der Waals surface area contributed by atoms with Crippen molar-refractivity contribution in [2.24, 2.45) is 16.3 Å². The molecule has 0 aromatic carbocycles. The van der Waals surface area contributed by atoms with E-state index in [9.17, 15) is 5.11 Å². The monoisotopic (exact) mass is 471 g/mol. The quantitative estimate of drug-likeness (QED) is 0.334. The molecule has 0 spiro atoms. The molecular formula is C17H34IN3O2S. The molecule has 3 N–H and O–H groups in total. The van der Waals surface area contributed by atoms with E-state index in [0.29, 0.717) is 12.5 Å². The molecule has 3 atom stereocenters. The van der Waals surface area contributed by atoms with Gasteiger partial charge in [0.25, 0.3) is 0 Å². The third kappa shape index (κ3) is 6.53. The zero-order chi connectivity index (χ0) is 16.9. The second kappa shape index (κ2) is 9.83. The SMILES string of the molecule is CN=C(NCC1CCCOC1C(C)(C)C)NCC1(O)CCSC1.I. The van der Waals surface area contributed by atoms with Crippen LogP contribution in [-0.2, 0) is 4.74 Å². The van der Waals surface area contributed by atoms with Gasteiger partial charge in [-0.25, -0.2) is 0 Å². The van der Waals surface area contributed by atoms with E-state index >= 15 is 0 Å². The molecule has 2 saturated heterocycles. The number of rotatable bonds is 4. The summed E-state index contributed by atoms with van der Waals surface area (Å²) in [5.41, 5.74) is -0.440. The number of guanidine groups is 1. The molecule has 0 bridgehead atoms. The second-order valence-electron chi connectivity index (χ2n) is 7.89. The van der Waals surface area contributed by atoms with Gasteiger partial charge in [0.15, 0.2) is 5.96 Å². The summed E-state index contributed by atoms with van der Waals surface area (Å²) in [6.07, 6.45) is 3.44. The minimum absolute atomic E-state index is 0. The van der Waals surface area contributed by atoms with Gasteiger partial charge in [-0.3, -0.25) is 4.99 Å². The van der Waals surface area contributed by atoms with Crippen molar-refractivity contribution in [2.45, 2.75) is 51.7 Å². The topological polar surface area (TPSA) is 65.9 Å². The third-order valence-corrected chi connectivity index (χ3v) is 5.96. The molecule has 7 heteroatoms. The van der Waals surface area contributed by atoms with E-state index in [0.717, 1.165) is 43.5 Å². The summed E-state index contributed by atoms with van der Waals surface area (Å²) >= 11 is 1.81. The van der Waals surface area contributed by atoms with E-state index in [-0.39, 0.29) is 35.5 Å². The van der Waals surface area contributed by atoms with E-state index in [2.05, 4.69) is 36.4 Å². The number of halogens is 1. The largest absolute Gasteiger partial charge is 0.387 e. The van der Waals surface area contributed by atoms with Crippen LogP contribution in [-0.4, -0.2) is 61.0 Å². The number of hydrogen-bond acceptors (Lipinski definition) is 4. The van der Waals surface area contributed by atoms with Crippen molar-refractivity contribution in [2.75, 3.05) is 38.2 Å². The highest BCUT2D eigenvalue weighted by Crippen LogP contribution is 2.33.